The van der Waals surface area contributed by atoms with Crippen LogP contribution in [0.2, 0.25) is 0 Å². The molecule has 2 aromatic rings. The lowest BCUT2D eigenvalue weighted by atomic mass is 10.0. The lowest BCUT2D eigenvalue weighted by Gasteiger charge is -2.07. The quantitative estimate of drug-likeness (QED) is 0.863. The first kappa shape index (κ1) is 12.8. The molecule has 20 heavy (non-hydrogen) atoms. The van der Waals surface area contributed by atoms with Gasteiger partial charge in [0.25, 0.3) is 0 Å². The minimum absolute atomic E-state index is 0.499. The Morgan fingerprint density at radius 2 is 2.15 bits per heavy atom. The first-order valence-corrected chi connectivity index (χ1v) is 7.13. The zero-order chi connectivity index (χ0) is 14.1. The van der Waals surface area contributed by atoms with Crippen molar-refractivity contribution in [3.05, 3.63) is 35.7 Å². The van der Waals surface area contributed by atoms with E-state index in [4.69, 9.17) is 17.1 Å². The van der Waals surface area contributed by atoms with Crippen LogP contribution in [0.4, 0.5) is 5.82 Å². The molecular weight excluding hydrogens is 246 g/mol. The number of aryl methyl sites for hydroxylation is 1. The van der Waals surface area contributed by atoms with Gasteiger partial charge < -0.3 is 10.3 Å². The molecule has 0 radical (unpaired) electrons. The molecule has 2 N–H and O–H groups in total. The monoisotopic (exact) mass is 265 g/mol. The van der Waals surface area contributed by atoms with Crippen molar-refractivity contribution in [3.63, 3.8) is 0 Å². The maximum atomic E-state index is 6.32. The van der Waals surface area contributed by atoms with Crippen LogP contribution in [0.15, 0.2) is 24.3 Å². The summed E-state index contributed by atoms with van der Waals surface area (Å²) < 4.78 is 2.00. The van der Waals surface area contributed by atoms with Crippen molar-refractivity contribution in [2.24, 2.45) is 0 Å². The molecule has 0 amide bonds. The van der Waals surface area contributed by atoms with E-state index in [1.165, 1.54) is 18.4 Å². The molecule has 0 unspecified atom stereocenters. The van der Waals surface area contributed by atoms with Crippen molar-refractivity contribution < 1.29 is 0 Å². The van der Waals surface area contributed by atoms with E-state index in [2.05, 4.69) is 31.0 Å². The van der Waals surface area contributed by atoms with E-state index < -0.39 is 0 Å². The van der Waals surface area contributed by atoms with E-state index >= 15 is 0 Å². The number of aromatic nitrogens is 2. The van der Waals surface area contributed by atoms with Crippen LogP contribution in [-0.4, -0.2) is 9.55 Å². The molecule has 1 aliphatic carbocycles. The van der Waals surface area contributed by atoms with Gasteiger partial charge in [-0.25, -0.2) is 4.98 Å². The Bertz CT molecular complexity index is 672. The van der Waals surface area contributed by atoms with Gasteiger partial charge in [0, 0.05) is 11.5 Å². The van der Waals surface area contributed by atoms with Crippen LogP contribution in [0, 0.1) is 12.3 Å². The average Bonchev–Trinajstić information content (AvgIpc) is 3.26. The highest BCUT2D eigenvalue weighted by Crippen LogP contribution is 2.42. The van der Waals surface area contributed by atoms with Crippen molar-refractivity contribution in [1.29, 1.82) is 0 Å². The Morgan fingerprint density at radius 3 is 2.80 bits per heavy atom. The predicted molar refractivity (Wildman–Crippen MR) is 82.3 cm³/mol. The lowest BCUT2D eigenvalue weighted by Crippen LogP contribution is -2.05. The SMILES string of the molecule is C#CCn1c(C2CC2)nc(-c2ccccc2CC)c1N. The Kier molecular flexibility index (Phi) is 3.23. The van der Waals surface area contributed by atoms with Gasteiger partial charge in [0.1, 0.15) is 17.3 Å². The third-order valence-electron chi connectivity index (χ3n) is 3.88. The number of nitrogens with two attached hydrogens (primary N) is 1. The molecule has 0 bridgehead atoms. The van der Waals surface area contributed by atoms with Crippen LogP contribution >= 0.6 is 0 Å². The van der Waals surface area contributed by atoms with Gasteiger partial charge >= 0.3 is 0 Å². The number of terminal acetylenes is 1. The van der Waals surface area contributed by atoms with E-state index in [1.54, 1.807) is 0 Å². The van der Waals surface area contributed by atoms with Crippen molar-refractivity contribution in [1.82, 2.24) is 9.55 Å². The highest BCUT2D eigenvalue weighted by molar-refractivity contribution is 5.74. The zero-order valence-electron chi connectivity index (χ0n) is 11.8. The number of imidazole rings is 1. The van der Waals surface area contributed by atoms with Gasteiger partial charge in [0.2, 0.25) is 0 Å². The number of benzene rings is 1. The smallest absolute Gasteiger partial charge is 0.132 e. The molecule has 0 spiro atoms. The van der Waals surface area contributed by atoms with E-state index in [0.29, 0.717) is 18.3 Å². The van der Waals surface area contributed by atoms with Gasteiger partial charge in [-0.1, -0.05) is 37.1 Å². The summed E-state index contributed by atoms with van der Waals surface area (Å²) in [6.45, 7) is 2.65. The van der Waals surface area contributed by atoms with Gasteiger partial charge in [-0.05, 0) is 24.8 Å². The molecule has 1 heterocycles. The normalized spacial score (nSPS) is 14.2. The second-order valence-corrected chi connectivity index (χ2v) is 5.28. The summed E-state index contributed by atoms with van der Waals surface area (Å²) >= 11 is 0. The van der Waals surface area contributed by atoms with Crippen molar-refractivity contribution in [3.8, 4) is 23.6 Å². The van der Waals surface area contributed by atoms with Crippen molar-refractivity contribution >= 4 is 5.82 Å². The lowest BCUT2D eigenvalue weighted by molar-refractivity contribution is 0.762. The van der Waals surface area contributed by atoms with E-state index in [1.807, 2.05) is 10.6 Å². The third-order valence-corrected chi connectivity index (χ3v) is 3.88. The predicted octanol–water partition coefficient (Wildman–Crippen LogP) is 3.21. The molecule has 3 rings (SSSR count). The van der Waals surface area contributed by atoms with Gasteiger partial charge in [0.15, 0.2) is 0 Å². The van der Waals surface area contributed by atoms with Crippen LogP contribution in [0.5, 0.6) is 0 Å². The fraction of sp³-hybridized carbons (Fsp3) is 0.353. The summed E-state index contributed by atoms with van der Waals surface area (Å²) in [6, 6.07) is 8.31. The molecule has 1 aliphatic rings. The molecule has 3 nitrogen and oxygen atoms in total. The summed E-state index contributed by atoms with van der Waals surface area (Å²) in [4.78, 5) is 4.81. The van der Waals surface area contributed by atoms with Gasteiger partial charge in [-0.2, -0.15) is 0 Å². The molecule has 102 valence electrons. The van der Waals surface area contributed by atoms with Crippen LogP contribution < -0.4 is 5.73 Å². The van der Waals surface area contributed by atoms with E-state index in [0.717, 1.165) is 23.5 Å². The zero-order valence-corrected chi connectivity index (χ0v) is 11.8. The first-order chi connectivity index (χ1) is 9.76. The largest absolute Gasteiger partial charge is 0.383 e. The summed E-state index contributed by atoms with van der Waals surface area (Å²) in [6.07, 6.45) is 8.82. The minimum atomic E-state index is 0.499. The molecule has 1 aromatic carbocycles. The van der Waals surface area contributed by atoms with Gasteiger partial charge in [-0.15, -0.1) is 6.42 Å². The summed E-state index contributed by atoms with van der Waals surface area (Å²) in [5, 5.41) is 0. The number of hydrogen-bond donors (Lipinski definition) is 1. The Labute approximate surface area is 119 Å². The van der Waals surface area contributed by atoms with Crippen molar-refractivity contribution in [2.45, 2.75) is 38.6 Å². The summed E-state index contributed by atoms with van der Waals surface area (Å²) in [7, 11) is 0. The van der Waals surface area contributed by atoms with Crippen LogP contribution in [-0.2, 0) is 13.0 Å². The average molecular weight is 265 g/mol. The van der Waals surface area contributed by atoms with Crippen molar-refractivity contribution in [2.75, 3.05) is 5.73 Å². The van der Waals surface area contributed by atoms with Crippen LogP contribution in [0.3, 0.4) is 0 Å². The molecule has 3 heteroatoms. The maximum absolute atomic E-state index is 6.32. The summed E-state index contributed by atoms with van der Waals surface area (Å²) in [5.41, 5.74) is 9.60. The maximum Gasteiger partial charge on any atom is 0.132 e. The molecule has 1 saturated carbocycles. The fourth-order valence-electron chi connectivity index (χ4n) is 2.65. The second kappa shape index (κ2) is 5.05. The number of rotatable bonds is 4. The Hall–Kier alpha value is -2.21. The van der Waals surface area contributed by atoms with Gasteiger partial charge in [-0.3, -0.25) is 0 Å². The first-order valence-electron chi connectivity index (χ1n) is 7.13. The molecule has 0 saturated heterocycles. The standard InChI is InChI=1S/C17H19N3/c1-3-11-20-16(18)15(19-17(20)13-9-10-13)14-8-6-5-7-12(14)4-2/h1,5-8,13H,4,9-11,18H2,2H3. The second-order valence-electron chi connectivity index (χ2n) is 5.28. The minimum Gasteiger partial charge on any atom is -0.383 e. The number of nitrogens with zero attached hydrogens (tertiary/aromatic N) is 2. The molecule has 0 atom stereocenters. The van der Waals surface area contributed by atoms with Gasteiger partial charge in [0.05, 0.1) is 6.54 Å². The number of hydrogen-bond acceptors (Lipinski definition) is 2. The van der Waals surface area contributed by atoms with E-state index in [9.17, 15) is 0 Å². The molecule has 1 fully saturated rings. The molecule has 1 aromatic heterocycles. The number of anilines is 1. The fourth-order valence-corrected chi connectivity index (χ4v) is 2.65. The van der Waals surface area contributed by atoms with Crippen LogP contribution in [0.1, 0.15) is 37.1 Å². The Morgan fingerprint density at radius 1 is 1.40 bits per heavy atom. The Balaban J connectivity index is 2.14. The number of nitrogen functional groups attached to an aromatic ring is 1. The highest BCUT2D eigenvalue weighted by Gasteiger charge is 2.31. The van der Waals surface area contributed by atoms with Crippen LogP contribution in [0.25, 0.3) is 11.3 Å². The van der Waals surface area contributed by atoms with E-state index in [-0.39, 0.29) is 0 Å². The topological polar surface area (TPSA) is 43.8 Å². The molecule has 0 aliphatic heterocycles. The summed E-state index contributed by atoms with van der Waals surface area (Å²) in [5.74, 6) is 4.98. The highest BCUT2D eigenvalue weighted by atomic mass is 15.1. The third kappa shape index (κ3) is 2.08. The molecular formula is C17H19N3.